The second-order valence-electron chi connectivity index (χ2n) is 8.75. The van der Waals surface area contributed by atoms with E-state index < -0.39 is 6.04 Å². The molecule has 0 saturated heterocycles. The fourth-order valence-corrected chi connectivity index (χ4v) is 5.22. The van der Waals surface area contributed by atoms with Crippen molar-refractivity contribution in [1.82, 2.24) is 10.2 Å². The maximum absolute atomic E-state index is 13.7. The number of hydrogen-bond acceptors (Lipinski definition) is 3. The van der Waals surface area contributed by atoms with Gasteiger partial charge in [-0.2, -0.15) is 11.3 Å². The molecule has 1 atom stereocenters. The molecule has 4 rings (SSSR count). The summed E-state index contributed by atoms with van der Waals surface area (Å²) >= 11 is 7.59. The maximum Gasteiger partial charge on any atom is 0.247 e. The summed E-state index contributed by atoms with van der Waals surface area (Å²) in [5.74, 6) is -0.781. The first-order chi connectivity index (χ1) is 16.5. The van der Waals surface area contributed by atoms with Crippen LogP contribution in [0.4, 0.5) is 4.39 Å². The molecule has 1 heterocycles. The van der Waals surface area contributed by atoms with Gasteiger partial charge in [0.15, 0.2) is 0 Å². The van der Waals surface area contributed by atoms with Crippen LogP contribution in [0, 0.1) is 5.82 Å². The Bertz CT molecular complexity index is 1080. The van der Waals surface area contributed by atoms with Gasteiger partial charge in [-0.25, -0.2) is 4.39 Å². The van der Waals surface area contributed by atoms with Crippen molar-refractivity contribution in [2.75, 3.05) is 0 Å². The number of carbonyl (C=O) groups excluding carboxylic acids is 2. The smallest absolute Gasteiger partial charge is 0.247 e. The molecule has 0 bridgehead atoms. The molecule has 34 heavy (non-hydrogen) atoms. The van der Waals surface area contributed by atoms with Gasteiger partial charge in [0.25, 0.3) is 0 Å². The van der Waals surface area contributed by atoms with E-state index in [2.05, 4.69) is 5.32 Å². The van der Waals surface area contributed by atoms with Crippen LogP contribution < -0.4 is 5.32 Å². The highest BCUT2D eigenvalue weighted by molar-refractivity contribution is 7.08. The minimum atomic E-state index is -0.871. The number of nitrogens with zero attached hydrogens (tertiary/aromatic N) is 1. The summed E-state index contributed by atoms with van der Waals surface area (Å²) in [7, 11) is 0. The van der Waals surface area contributed by atoms with Gasteiger partial charge in [0.1, 0.15) is 11.9 Å². The topological polar surface area (TPSA) is 49.4 Å². The first kappa shape index (κ1) is 24.4. The van der Waals surface area contributed by atoms with E-state index in [0.29, 0.717) is 10.6 Å². The van der Waals surface area contributed by atoms with Gasteiger partial charge in [-0.05, 0) is 70.6 Å². The maximum atomic E-state index is 13.7. The Morgan fingerprint density at radius 3 is 2.35 bits per heavy atom. The van der Waals surface area contributed by atoms with Gasteiger partial charge < -0.3 is 10.2 Å². The third-order valence-corrected chi connectivity index (χ3v) is 7.20. The molecule has 2 aromatic carbocycles. The number of halogens is 2. The Hall–Kier alpha value is -2.70. The summed E-state index contributed by atoms with van der Waals surface area (Å²) in [6.45, 7) is 0.236. The summed E-state index contributed by atoms with van der Waals surface area (Å²) in [5, 5.41) is 7.65. The minimum absolute atomic E-state index is 0.0913. The highest BCUT2D eigenvalue weighted by atomic mass is 35.5. The lowest BCUT2D eigenvalue weighted by atomic mass is 9.94. The fourth-order valence-electron chi connectivity index (χ4n) is 4.42. The van der Waals surface area contributed by atoms with Crippen LogP contribution in [0.15, 0.2) is 65.4 Å². The number of carbonyl (C=O) groups is 2. The van der Waals surface area contributed by atoms with Crippen molar-refractivity contribution in [3.05, 3.63) is 92.9 Å². The number of hydrogen-bond donors (Lipinski definition) is 1. The number of thiophene rings is 1. The lowest BCUT2D eigenvalue weighted by Crippen LogP contribution is -2.47. The Labute approximate surface area is 208 Å². The summed E-state index contributed by atoms with van der Waals surface area (Å²) in [5.41, 5.74) is 2.35. The molecule has 0 aliphatic heterocycles. The predicted octanol–water partition coefficient (Wildman–Crippen LogP) is 6.30. The van der Waals surface area contributed by atoms with E-state index in [1.807, 2.05) is 29.0 Å². The molecule has 1 aliphatic rings. The van der Waals surface area contributed by atoms with Crippen LogP contribution in [0.1, 0.15) is 54.8 Å². The molecule has 1 saturated carbocycles. The number of benzene rings is 2. The SMILES string of the molecule is O=C(NC1CCCCC1)C(c1ccc(F)cc1)N(Cc1ccc(Cl)cc1)C(=O)Cc1ccsc1. The lowest BCUT2D eigenvalue weighted by Gasteiger charge is -2.33. The molecule has 1 aliphatic carbocycles. The van der Waals surface area contributed by atoms with E-state index in [0.717, 1.165) is 36.8 Å². The average molecular weight is 499 g/mol. The first-order valence-electron chi connectivity index (χ1n) is 11.6. The van der Waals surface area contributed by atoms with Gasteiger partial charge in [-0.3, -0.25) is 9.59 Å². The van der Waals surface area contributed by atoms with Gasteiger partial charge in [-0.15, -0.1) is 0 Å². The van der Waals surface area contributed by atoms with Gasteiger partial charge >= 0.3 is 0 Å². The first-order valence-corrected chi connectivity index (χ1v) is 12.9. The quantitative estimate of drug-likeness (QED) is 0.396. The Kier molecular flexibility index (Phi) is 8.35. The summed E-state index contributed by atoms with van der Waals surface area (Å²) in [4.78, 5) is 28.9. The summed E-state index contributed by atoms with van der Waals surface area (Å²) in [6.07, 6.45) is 5.39. The molecule has 1 aromatic heterocycles. The van der Waals surface area contributed by atoms with Crippen molar-refractivity contribution in [3.63, 3.8) is 0 Å². The van der Waals surface area contributed by atoms with E-state index in [4.69, 9.17) is 11.6 Å². The van der Waals surface area contributed by atoms with Crippen LogP contribution in [0.3, 0.4) is 0 Å². The lowest BCUT2D eigenvalue weighted by molar-refractivity contribution is -0.141. The molecule has 0 radical (unpaired) electrons. The third-order valence-electron chi connectivity index (χ3n) is 6.22. The van der Waals surface area contributed by atoms with Gasteiger partial charge in [0.05, 0.1) is 6.42 Å². The molecular formula is C27H28ClFN2O2S. The summed E-state index contributed by atoms with van der Waals surface area (Å²) < 4.78 is 13.7. The van der Waals surface area contributed by atoms with Gasteiger partial charge in [0, 0.05) is 17.6 Å². The van der Waals surface area contributed by atoms with Crippen LogP contribution >= 0.6 is 22.9 Å². The van der Waals surface area contributed by atoms with E-state index in [1.54, 1.807) is 29.2 Å². The largest absolute Gasteiger partial charge is 0.351 e. The Balaban J connectivity index is 1.68. The average Bonchev–Trinajstić information content (AvgIpc) is 3.35. The molecule has 7 heteroatoms. The van der Waals surface area contributed by atoms with Crippen molar-refractivity contribution >= 4 is 34.8 Å². The monoisotopic (exact) mass is 498 g/mol. The van der Waals surface area contributed by atoms with Crippen LogP contribution in [0.5, 0.6) is 0 Å². The van der Waals surface area contributed by atoms with Gasteiger partial charge in [-0.1, -0.05) is 55.1 Å². The van der Waals surface area contributed by atoms with Crippen molar-refractivity contribution in [1.29, 1.82) is 0 Å². The van der Waals surface area contributed by atoms with Crippen LogP contribution in [-0.4, -0.2) is 22.8 Å². The molecule has 1 unspecified atom stereocenters. The molecule has 1 fully saturated rings. The Morgan fingerprint density at radius 2 is 1.71 bits per heavy atom. The van der Waals surface area contributed by atoms with Crippen molar-refractivity contribution < 1.29 is 14.0 Å². The van der Waals surface area contributed by atoms with Crippen LogP contribution in [0.25, 0.3) is 0 Å². The second-order valence-corrected chi connectivity index (χ2v) is 9.97. The highest BCUT2D eigenvalue weighted by Crippen LogP contribution is 2.27. The molecule has 1 N–H and O–H groups in total. The number of amides is 2. The zero-order valence-electron chi connectivity index (χ0n) is 18.9. The molecular weight excluding hydrogens is 471 g/mol. The molecule has 2 amide bonds. The van der Waals surface area contributed by atoms with E-state index in [-0.39, 0.29) is 36.6 Å². The normalized spacial score (nSPS) is 15.0. The zero-order chi connectivity index (χ0) is 23.9. The third kappa shape index (κ3) is 6.45. The number of rotatable bonds is 8. The van der Waals surface area contributed by atoms with Crippen LogP contribution in [-0.2, 0) is 22.6 Å². The molecule has 3 aromatic rings. The van der Waals surface area contributed by atoms with E-state index in [9.17, 15) is 14.0 Å². The van der Waals surface area contributed by atoms with E-state index in [1.165, 1.54) is 29.9 Å². The second kappa shape index (κ2) is 11.6. The van der Waals surface area contributed by atoms with Crippen LogP contribution in [0.2, 0.25) is 5.02 Å². The van der Waals surface area contributed by atoms with Crippen molar-refractivity contribution in [2.45, 2.75) is 57.2 Å². The molecule has 4 nitrogen and oxygen atoms in total. The zero-order valence-corrected chi connectivity index (χ0v) is 20.5. The minimum Gasteiger partial charge on any atom is -0.351 e. The number of nitrogens with one attached hydrogen (secondary N) is 1. The standard InChI is InChI=1S/C27H28ClFN2O2S/c28-22-10-6-19(7-11-22)17-31(25(32)16-20-14-15-34-18-20)26(21-8-12-23(29)13-9-21)27(33)30-24-4-2-1-3-5-24/h6-15,18,24,26H,1-5,16-17H2,(H,30,33). The molecule has 178 valence electrons. The predicted molar refractivity (Wildman–Crippen MR) is 134 cm³/mol. The van der Waals surface area contributed by atoms with Crippen molar-refractivity contribution in [2.24, 2.45) is 0 Å². The molecule has 0 spiro atoms. The van der Waals surface area contributed by atoms with E-state index >= 15 is 0 Å². The summed E-state index contributed by atoms with van der Waals surface area (Å²) in [6, 6.07) is 14.2. The fraction of sp³-hybridized carbons (Fsp3) is 0.333. The van der Waals surface area contributed by atoms with Gasteiger partial charge in [0.2, 0.25) is 11.8 Å². The van der Waals surface area contributed by atoms with Crippen molar-refractivity contribution in [3.8, 4) is 0 Å². The Morgan fingerprint density at radius 1 is 1.00 bits per heavy atom. The highest BCUT2D eigenvalue weighted by Gasteiger charge is 2.33.